The van der Waals surface area contributed by atoms with Gasteiger partial charge in [0.15, 0.2) is 5.11 Å². The maximum Gasteiger partial charge on any atom is 0.173 e. The molecule has 1 aliphatic carbocycles. The second kappa shape index (κ2) is 5.89. The standard InChI is InChI=1S/C17H21N3OS/c22-17(20-9-7-19(8-10-20)14-5-6-14)18-11-13-12-21-16-4-2-1-3-15(13)16/h1-4,11,14H,5-10,12H2,(H,18,22)/b13-11-. The van der Waals surface area contributed by atoms with E-state index >= 15 is 0 Å². The number of hydrogen-bond acceptors (Lipinski definition) is 3. The molecule has 116 valence electrons. The number of piperazine rings is 1. The van der Waals surface area contributed by atoms with Crippen molar-refractivity contribution in [3.8, 4) is 5.75 Å². The lowest BCUT2D eigenvalue weighted by Crippen LogP contribution is -2.51. The molecule has 3 aliphatic rings. The van der Waals surface area contributed by atoms with Crippen LogP contribution in [0.25, 0.3) is 5.57 Å². The van der Waals surface area contributed by atoms with Gasteiger partial charge in [-0.25, -0.2) is 0 Å². The molecule has 1 aromatic carbocycles. The Labute approximate surface area is 136 Å². The highest BCUT2D eigenvalue weighted by Crippen LogP contribution is 2.32. The highest BCUT2D eigenvalue weighted by atomic mass is 32.1. The average Bonchev–Trinajstić information content (AvgIpc) is 3.34. The molecule has 1 N–H and O–H groups in total. The van der Waals surface area contributed by atoms with Crippen molar-refractivity contribution in [1.29, 1.82) is 0 Å². The van der Waals surface area contributed by atoms with Crippen LogP contribution in [0.4, 0.5) is 0 Å². The van der Waals surface area contributed by atoms with Gasteiger partial charge >= 0.3 is 0 Å². The van der Waals surface area contributed by atoms with Crippen LogP contribution in [-0.4, -0.2) is 53.7 Å². The normalized spacial score (nSPS) is 23.3. The van der Waals surface area contributed by atoms with Gasteiger partial charge < -0.3 is 15.0 Å². The van der Waals surface area contributed by atoms with Gasteiger partial charge in [-0.1, -0.05) is 18.2 Å². The molecule has 22 heavy (non-hydrogen) atoms. The number of nitrogens with zero attached hydrogens (tertiary/aromatic N) is 2. The molecule has 0 atom stereocenters. The molecule has 1 saturated carbocycles. The Morgan fingerprint density at radius 1 is 1.18 bits per heavy atom. The number of nitrogens with one attached hydrogen (secondary N) is 1. The van der Waals surface area contributed by atoms with Crippen molar-refractivity contribution in [2.45, 2.75) is 18.9 Å². The van der Waals surface area contributed by atoms with Crippen LogP contribution in [0.15, 0.2) is 30.5 Å². The fourth-order valence-electron chi connectivity index (χ4n) is 3.18. The van der Waals surface area contributed by atoms with Gasteiger partial charge in [0.05, 0.1) is 0 Å². The molecular formula is C17H21N3OS. The summed E-state index contributed by atoms with van der Waals surface area (Å²) in [6.45, 7) is 4.94. The van der Waals surface area contributed by atoms with Gasteiger partial charge in [0, 0.05) is 49.6 Å². The minimum absolute atomic E-state index is 0.615. The third kappa shape index (κ3) is 2.83. The highest BCUT2D eigenvalue weighted by Gasteiger charge is 2.31. The minimum Gasteiger partial charge on any atom is -0.488 e. The second-order valence-electron chi connectivity index (χ2n) is 6.16. The molecule has 0 spiro atoms. The number of para-hydroxylation sites is 1. The molecule has 0 radical (unpaired) electrons. The minimum atomic E-state index is 0.615. The Hall–Kier alpha value is -1.59. The van der Waals surface area contributed by atoms with Crippen LogP contribution < -0.4 is 10.1 Å². The molecule has 5 heteroatoms. The van der Waals surface area contributed by atoms with Crippen LogP contribution >= 0.6 is 12.2 Å². The molecule has 1 saturated heterocycles. The fourth-order valence-corrected chi connectivity index (χ4v) is 3.42. The van der Waals surface area contributed by atoms with Crippen molar-refractivity contribution in [2.24, 2.45) is 0 Å². The third-order valence-corrected chi connectivity index (χ3v) is 5.03. The molecule has 4 nitrogen and oxygen atoms in total. The number of thiocarbonyl (C=S) groups is 1. The van der Waals surface area contributed by atoms with Crippen LogP contribution in [0.3, 0.4) is 0 Å². The number of hydrogen-bond donors (Lipinski definition) is 1. The van der Waals surface area contributed by atoms with Crippen molar-refractivity contribution in [2.75, 3.05) is 32.8 Å². The molecule has 2 fully saturated rings. The van der Waals surface area contributed by atoms with Gasteiger partial charge in [0.1, 0.15) is 12.4 Å². The second-order valence-corrected chi connectivity index (χ2v) is 6.54. The third-order valence-electron chi connectivity index (χ3n) is 4.65. The molecule has 1 aromatic rings. The van der Waals surface area contributed by atoms with E-state index in [9.17, 15) is 0 Å². The van der Waals surface area contributed by atoms with E-state index < -0.39 is 0 Å². The van der Waals surface area contributed by atoms with E-state index in [4.69, 9.17) is 17.0 Å². The summed E-state index contributed by atoms with van der Waals surface area (Å²) in [6.07, 6.45) is 4.77. The lowest BCUT2D eigenvalue weighted by atomic mass is 10.1. The molecule has 0 aromatic heterocycles. The molecule has 0 amide bonds. The zero-order valence-electron chi connectivity index (χ0n) is 12.6. The number of benzene rings is 1. The van der Waals surface area contributed by atoms with Crippen molar-refractivity contribution in [3.05, 3.63) is 36.0 Å². The number of fused-ring (bicyclic) bond motifs is 1. The zero-order chi connectivity index (χ0) is 14.9. The summed E-state index contributed by atoms with van der Waals surface area (Å²) in [7, 11) is 0. The maximum absolute atomic E-state index is 5.66. The summed E-state index contributed by atoms with van der Waals surface area (Å²) < 4.78 is 5.66. The first-order valence-corrected chi connectivity index (χ1v) is 8.43. The van der Waals surface area contributed by atoms with E-state index in [1.165, 1.54) is 12.8 Å². The predicted octanol–water partition coefficient (Wildman–Crippen LogP) is 2.07. The Morgan fingerprint density at radius 3 is 2.73 bits per heavy atom. The van der Waals surface area contributed by atoms with Crippen LogP contribution in [0, 0.1) is 0 Å². The molecule has 0 bridgehead atoms. The highest BCUT2D eigenvalue weighted by molar-refractivity contribution is 7.80. The van der Waals surface area contributed by atoms with E-state index in [1.807, 2.05) is 24.4 Å². The first kappa shape index (κ1) is 14.0. The molecular weight excluding hydrogens is 294 g/mol. The lowest BCUT2D eigenvalue weighted by molar-refractivity contribution is 0.174. The maximum atomic E-state index is 5.66. The summed E-state index contributed by atoms with van der Waals surface area (Å²) in [5, 5.41) is 4.12. The van der Waals surface area contributed by atoms with Crippen LogP contribution in [0.1, 0.15) is 18.4 Å². The summed E-state index contributed by atoms with van der Waals surface area (Å²) in [6, 6.07) is 8.99. The van der Waals surface area contributed by atoms with Crippen molar-refractivity contribution in [1.82, 2.24) is 15.1 Å². The summed E-state index contributed by atoms with van der Waals surface area (Å²) in [5.41, 5.74) is 2.32. The van der Waals surface area contributed by atoms with Gasteiger partial charge in [-0.15, -0.1) is 0 Å². The van der Waals surface area contributed by atoms with Crippen molar-refractivity contribution >= 4 is 22.9 Å². The van der Waals surface area contributed by atoms with E-state index in [-0.39, 0.29) is 0 Å². The van der Waals surface area contributed by atoms with Crippen molar-refractivity contribution < 1.29 is 4.74 Å². The van der Waals surface area contributed by atoms with Crippen LogP contribution in [-0.2, 0) is 0 Å². The van der Waals surface area contributed by atoms with E-state index in [2.05, 4.69) is 21.2 Å². The van der Waals surface area contributed by atoms with E-state index in [1.54, 1.807) is 0 Å². The van der Waals surface area contributed by atoms with Crippen molar-refractivity contribution in [3.63, 3.8) is 0 Å². The van der Waals surface area contributed by atoms with Gasteiger partial charge in [0.25, 0.3) is 0 Å². The SMILES string of the molecule is S=C(N/C=C1/COc2ccccc21)N1CCN(C2CC2)CC1. The van der Waals surface area contributed by atoms with Crippen LogP contribution in [0.2, 0.25) is 0 Å². The zero-order valence-corrected chi connectivity index (χ0v) is 13.4. The molecule has 2 aliphatic heterocycles. The predicted molar refractivity (Wildman–Crippen MR) is 91.8 cm³/mol. The topological polar surface area (TPSA) is 27.7 Å². The first-order valence-electron chi connectivity index (χ1n) is 8.02. The average molecular weight is 315 g/mol. The number of rotatable bonds is 2. The lowest BCUT2D eigenvalue weighted by Gasteiger charge is -2.36. The monoisotopic (exact) mass is 315 g/mol. The van der Waals surface area contributed by atoms with Gasteiger partial charge in [-0.05, 0) is 31.1 Å². The Morgan fingerprint density at radius 2 is 1.95 bits per heavy atom. The quantitative estimate of drug-likeness (QED) is 0.844. The summed E-state index contributed by atoms with van der Waals surface area (Å²) in [5.74, 6) is 0.958. The Balaban J connectivity index is 1.34. The summed E-state index contributed by atoms with van der Waals surface area (Å²) in [4.78, 5) is 4.87. The fraction of sp³-hybridized carbons (Fsp3) is 0.471. The van der Waals surface area contributed by atoms with Gasteiger partial charge in [-0.2, -0.15) is 0 Å². The van der Waals surface area contributed by atoms with Gasteiger partial charge in [-0.3, -0.25) is 4.90 Å². The summed E-state index contributed by atoms with van der Waals surface area (Å²) >= 11 is 5.54. The molecule has 2 heterocycles. The van der Waals surface area contributed by atoms with Gasteiger partial charge in [0.2, 0.25) is 0 Å². The number of ether oxygens (including phenoxy) is 1. The Bertz CT molecular complexity index is 604. The van der Waals surface area contributed by atoms with E-state index in [0.717, 1.165) is 54.2 Å². The molecule has 0 unspecified atom stereocenters. The molecule has 4 rings (SSSR count). The van der Waals surface area contributed by atoms with Crippen LogP contribution in [0.5, 0.6) is 5.75 Å². The smallest absolute Gasteiger partial charge is 0.173 e. The largest absolute Gasteiger partial charge is 0.488 e. The Kier molecular flexibility index (Phi) is 3.76. The first-order chi connectivity index (χ1) is 10.8. The van der Waals surface area contributed by atoms with E-state index in [0.29, 0.717) is 6.61 Å².